The van der Waals surface area contributed by atoms with Crippen LogP contribution in [0.25, 0.3) is 0 Å². The van der Waals surface area contributed by atoms with Crippen molar-refractivity contribution in [2.45, 2.75) is 56.9 Å². The molecule has 1 aliphatic carbocycles. The van der Waals surface area contributed by atoms with Crippen molar-refractivity contribution in [3.8, 4) is 0 Å². The predicted molar refractivity (Wildman–Crippen MR) is 106 cm³/mol. The van der Waals surface area contributed by atoms with Crippen LogP contribution in [0.2, 0.25) is 0 Å². The molecule has 0 unspecified atom stereocenters. The zero-order valence-electron chi connectivity index (χ0n) is 16.0. The van der Waals surface area contributed by atoms with Gasteiger partial charge >= 0.3 is 5.97 Å². The Morgan fingerprint density at radius 2 is 1.67 bits per heavy atom. The van der Waals surface area contributed by atoms with Crippen LogP contribution in [-0.2, 0) is 9.59 Å². The van der Waals surface area contributed by atoms with Gasteiger partial charge in [0.2, 0.25) is 5.91 Å². The highest BCUT2D eigenvalue weighted by molar-refractivity contribution is 5.78. The van der Waals surface area contributed by atoms with Gasteiger partial charge in [0.25, 0.3) is 0 Å². The molecule has 3 rings (SSSR count). The number of benzene rings is 1. The third kappa shape index (κ3) is 5.22. The topological polar surface area (TPSA) is 86.9 Å². The summed E-state index contributed by atoms with van der Waals surface area (Å²) in [5.74, 6) is -0.331. The Bertz CT molecular complexity index is 633. The van der Waals surface area contributed by atoms with Crippen molar-refractivity contribution >= 4 is 17.6 Å². The molecule has 6 nitrogen and oxygen atoms in total. The van der Waals surface area contributed by atoms with Gasteiger partial charge in [-0.05, 0) is 42.9 Å². The van der Waals surface area contributed by atoms with E-state index in [4.69, 9.17) is 10.8 Å². The first-order valence-electron chi connectivity index (χ1n) is 10.2. The molecule has 3 N–H and O–H groups in total. The molecule has 6 heteroatoms. The first-order valence-corrected chi connectivity index (χ1v) is 10.2. The molecule has 2 aliphatic rings. The number of carboxylic acid groups (broad SMARTS) is 1. The summed E-state index contributed by atoms with van der Waals surface area (Å²) in [5.41, 5.74) is 8.16. The van der Waals surface area contributed by atoms with Crippen molar-refractivity contribution in [1.82, 2.24) is 4.90 Å². The number of rotatable bonds is 6. The van der Waals surface area contributed by atoms with Gasteiger partial charge in [0.05, 0.1) is 0 Å². The molecule has 1 saturated carbocycles. The second-order valence-corrected chi connectivity index (χ2v) is 7.78. The van der Waals surface area contributed by atoms with Gasteiger partial charge < -0.3 is 20.6 Å². The van der Waals surface area contributed by atoms with Crippen LogP contribution < -0.4 is 10.6 Å². The lowest BCUT2D eigenvalue weighted by atomic mass is 9.84. The standard InChI is InChI=1S/C21H31N3O3/c22-19(21(26)27)10-11-20(25)24-14-12-23(13-15-24)18-8-6-17(7-9-18)16-4-2-1-3-5-16/h6-9,16,19H,1-5,10-15,22H2,(H,26,27)/t19-/m0/s1. The Morgan fingerprint density at radius 1 is 1.04 bits per heavy atom. The number of aliphatic carboxylic acids is 1. The lowest BCUT2D eigenvalue weighted by Gasteiger charge is -2.36. The number of anilines is 1. The number of carbonyl (C=O) groups is 2. The summed E-state index contributed by atoms with van der Waals surface area (Å²) in [4.78, 5) is 27.1. The molecule has 0 bridgehead atoms. The SMILES string of the molecule is N[C@@H](CCC(=O)N1CCN(c2ccc(C3CCCCC3)cc2)CC1)C(=O)O. The molecule has 1 aromatic rings. The van der Waals surface area contributed by atoms with Gasteiger partial charge in [-0.3, -0.25) is 9.59 Å². The molecule has 27 heavy (non-hydrogen) atoms. The van der Waals surface area contributed by atoms with Crippen molar-refractivity contribution in [2.75, 3.05) is 31.1 Å². The van der Waals surface area contributed by atoms with Crippen molar-refractivity contribution < 1.29 is 14.7 Å². The fourth-order valence-electron chi connectivity index (χ4n) is 4.17. The first-order chi connectivity index (χ1) is 13.0. The highest BCUT2D eigenvalue weighted by Gasteiger charge is 2.23. The number of carboxylic acids is 1. The summed E-state index contributed by atoms with van der Waals surface area (Å²) < 4.78 is 0. The highest BCUT2D eigenvalue weighted by atomic mass is 16.4. The molecule has 148 valence electrons. The molecule has 1 heterocycles. The average Bonchev–Trinajstić information content (AvgIpc) is 2.72. The smallest absolute Gasteiger partial charge is 0.320 e. The van der Waals surface area contributed by atoms with Crippen LogP contribution in [0.15, 0.2) is 24.3 Å². The second kappa shape index (κ2) is 9.22. The minimum Gasteiger partial charge on any atom is -0.480 e. The van der Waals surface area contributed by atoms with Gasteiger partial charge in [0, 0.05) is 38.3 Å². The summed E-state index contributed by atoms with van der Waals surface area (Å²) in [7, 11) is 0. The maximum Gasteiger partial charge on any atom is 0.320 e. The van der Waals surface area contributed by atoms with Crippen molar-refractivity contribution in [3.05, 3.63) is 29.8 Å². The Morgan fingerprint density at radius 3 is 2.26 bits per heavy atom. The van der Waals surface area contributed by atoms with E-state index in [1.165, 1.54) is 43.4 Å². The number of nitrogens with two attached hydrogens (primary N) is 1. The van der Waals surface area contributed by atoms with E-state index in [9.17, 15) is 9.59 Å². The highest BCUT2D eigenvalue weighted by Crippen LogP contribution is 2.33. The molecular formula is C21H31N3O3. The summed E-state index contributed by atoms with van der Waals surface area (Å²) in [6.07, 6.45) is 7.08. The van der Waals surface area contributed by atoms with E-state index < -0.39 is 12.0 Å². The van der Waals surface area contributed by atoms with Crippen LogP contribution in [0.3, 0.4) is 0 Å². The molecule has 1 aromatic carbocycles. The summed E-state index contributed by atoms with van der Waals surface area (Å²) in [5, 5.41) is 8.81. The Hall–Kier alpha value is -2.08. The maximum absolute atomic E-state index is 12.2. The van der Waals surface area contributed by atoms with Gasteiger partial charge in [-0.1, -0.05) is 31.4 Å². The Kier molecular flexibility index (Phi) is 6.72. The minimum atomic E-state index is -1.05. The van der Waals surface area contributed by atoms with Gasteiger partial charge in [-0.25, -0.2) is 0 Å². The third-order valence-corrected chi connectivity index (χ3v) is 5.95. The van der Waals surface area contributed by atoms with E-state index in [1.54, 1.807) is 0 Å². The van der Waals surface area contributed by atoms with Crippen LogP contribution in [0.4, 0.5) is 5.69 Å². The number of carbonyl (C=O) groups excluding carboxylic acids is 1. The number of amides is 1. The van der Waals surface area contributed by atoms with E-state index in [1.807, 2.05) is 4.90 Å². The van der Waals surface area contributed by atoms with Gasteiger partial charge in [-0.15, -0.1) is 0 Å². The molecule has 0 aromatic heterocycles. The first kappa shape index (κ1) is 19.7. The van der Waals surface area contributed by atoms with E-state index in [0.717, 1.165) is 19.0 Å². The average molecular weight is 373 g/mol. The van der Waals surface area contributed by atoms with Crippen molar-refractivity contribution in [3.63, 3.8) is 0 Å². The van der Waals surface area contributed by atoms with Crippen molar-refractivity contribution in [2.24, 2.45) is 5.73 Å². The summed E-state index contributed by atoms with van der Waals surface area (Å²) in [6, 6.07) is 8.02. The lowest BCUT2D eigenvalue weighted by Crippen LogP contribution is -2.49. The molecule has 1 atom stereocenters. The largest absolute Gasteiger partial charge is 0.480 e. The number of nitrogens with zero attached hydrogens (tertiary/aromatic N) is 2. The quantitative estimate of drug-likeness (QED) is 0.800. The van der Waals surface area contributed by atoms with Crippen molar-refractivity contribution in [1.29, 1.82) is 0 Å². The van der Waals surface area contributed by atoms with E-state index in [-0.39, 0.29) is 18.7 Å². The molecule has 1 amide bonds. The molecule has 0 spiro atoms. The summed E-state index contributed by atoms with van der Waals surface area (Å²) >= 11 is 0. The summed E-state index contributed by atoms with van der Waals surface area (Å²) in [6.45, 7) is 2.95. The number of hydrogen-bond acceptors (Lipinski definition) is 4. The zero-order chi connectivity index (χ0) is 19.2. The Balaban J connectivity index is 1.47. The fourth-order valence-corrected chi connectivity index (χ4v) is 4.17. The Labute approximate surface area is 161 Å². The van der Waals surface area contributed by atoms with Gasteiger partial charge in [0.1, 0.15) is 6.04 Å². The van der Waals surface area contributed by atoms with Crippen LogP contribution in [-0.4, -0.2) is 54.1 Å². The fraction of sp³-hybridized carbons (Fsp3) is 0.619. The van der Waals surface area contributed by atoms with Gasteiger partial charge in [-0.2, -0.15) is 0 Å². The second-order valence-electron chi connectivity index (χ2n) is 7.78. The number of hydrogen-bond donors (Lipinski definition) is 2. The monoisotopic (exact) mass is 373 g/mol. The minimum absolute atomic E-state index is 0.000929. The molecule has 2 fully saturated rings. The van der Waals surface area contributed by atoms with Crippen LogP contribution >= 0.6 is 0 Å². The lowest BCUT2D eigenvalue weighted by molar-refractivity contribution is -0.139. The molecule has 1 saturated heterocycles. The zero-order valence-corrected chi connectivity index (χ0v) is 16.0. The molecular weight excluding hydrogens is 342 g/mol. The molecule has 1 aliphatic heterocycles. The maximum atomic E-state index is 12.2. The molecule has 0 radical (unpaired) electrons. The number of piperazine rings is 1. The van der Waals surface area contributed by atoms with Crippen LogP contribution in [0.5, 0.6) is 0 Å². The van der Waals surface area contributed by atoms with E-state index >= 15 is 0 Å². The third-order valence-electron chi connectivity index (χ3n) is 5.95. The normalized spacial score (nSPS) is 19.7. The van der Waals surface area contributed by atoms with E-state index in [0.29, 0.717) is 13.1 Å². The predicted octanol–water partition coefficient (Wildman–Crippen LogP) is 2.58. The van der Waals surface area contributed by atoms with Crippen LogP contribution in [0, 0.1) is 0 Å². The van der Waals surface area contributed by atoms with E-state index in [2.05, 4.69) is 29.2 Å². The van der Waals surface area contributed by atoms with Gasteiger partial charge in [0.15, 0.2) is 0 Å². The van der Waals surface area contributed by atoms with Crippen LogP contribution in [0.1, 0.15) is 56.4 Å².